The molecule has 1 saturated carbocycles. The first-order valence-corrected chi connectivity index (χ1v) is 13.1. The Morgan fingerprint density at radius 1 is 0.750 bits per heavy atom. The third-order valence-corrected chi connectivity index (χ3v) is 7.21. The third kappa shape index (κ3) is 8.94. The van der Waals surface area contributed by atoms with Gasteiger partial charge in [0.2, 0.25) is 0 Å². The van der Waals surface area contributed by atoms with Crippen molar-refractivity contribution in [3.05, 3.63) is 76.9 Å². The van der Waals surface area contributed by atoms with Crippen LogP contribution in [0.4, 0.5) is 0 Å². The van der Waals surface area contributed by atoms with E-state index in [2.05, 4.69) is 67.6 Å². The highest BCUT2D eigenvalue weighted by molar-refractivity contribution is 5.49. The predicted octanol–water partition coefficient (Wildman–Crippen LogP) is 8.80. The van der Waals surface area contributed by atoms with Crippen LogP contribution in [-0.4, -0.2) is 7.11 Å². The third-order valence-electron chi connectivity index (χ3n) is 7.21. The highest BCUT2D eigenvalue weighted by Crippen LogP contribution is 2.34. The molecule has 0 atom stereocenters. The van der Waals surface area contributed by atoms with Crippen molar-refractivity contribution in [3.8, 4) is 0 Å². The zero-order chi connectivity index (χ0) is 22.4. The van der Waals surface area contributed by atoms with E-state index in [1.807, 2.05) is 0 Å². The van der Waals surface area contributed by atoms with E-state index in [-0.39, 0.29) is 0 Å². The fourth-order valence-electron chi connectivity index (χ4n) is 5.09. The molecule has 0 radical (unpaired) electrons. The lowest BCUT2D eigenvalue weighted by molar-refractivity contribution is 0.185. The molecule has 1 nitrogen and oxygen atoms in total. The Morgan fingerprint density at radius 3 is 2.00 bits per heavy atom. The summed E-state index contributed by atoms with van der Waals surface area (Å²) in [7, 11) is 1.76. The Labute approximate surface area is 197 Å². The van der Waals surface area contributed by atoms with Crippen LogP contribution in [0, 0.1) is 11.8 Å². The molecule has 0 aromatic heterocycles. The second-order valence-corrected chi connectivity index (χ2v) is 9.85. The summed E-state index contributed by atoms with van der Waals surface area (Å²) in [6, 6.07) is 18.2. The minimum atomic E-state index is 0.716. The van der Waals surface area contributed by atoms with Crippen molar-refractivity contribution >= 4 is 6.08 Å². The Morgan fingerprint density at radius 2 is 1.34 bits per heavy atom. The van der Waals surface area contributed by atoms with Gasteiger partial charge in [0.25, 0.3) is 0 Å². The predicted molar refractivity (Wildman–Crippen MR) is 139 cm³/mol. The molecule has 3 rings (SSSR count). The molecule has 2 aromatic rings. The Balaban J connectivity index is 1.26. The van der Waals surface area contributed by atoms with Crippen LogP contribution >= 0.6 is 0 Å². The van der Waals surface area contributed by atoms with Crippen LogP contribution < -0.4 is 0 Å². The number of hydrogen-bond acceptors (Lipinski definition) is 1. The highest BCUT2D eigenvalue weighted by Gasteiger charge is 2.20. The Kier molecular flexibility index (Phi) is 11.1. The fourth-order valence-corrected chi connectivity index (χ4v) is 5.09. The summed E-state index contributed by atoms with van der Waals surface area (Å²) in [6.07, 6.45) is 20.7. The SMILES string of the molecule is CCCC=Cc1ccc(CCCC[C@H]2CC[C@H](CCc3ccc(COC)cc3)CC2)cc1. The summed E-state index contributed by atoms with van der Waals surface area (Å²) < 4.78 is 5.21. The number of benzene rings is 2. The van der Waals surface area contributed by atoms with Crippen molar-refractivity contribution in [2.75, 3.05) is 7.11 Å². The van der Waals surface area contributed by atoms with E-state index in [9.17, 15) is 0 Å². The van der Waals surface area contributed by atoms with E-state index in [1.54, 1.807) is 7.11 Å². The number of rotatable bonds is 13. The number of aryl methyl sites for hydroxylation is 2. The van der Waals surface area contributed by atoms with Gasteiger partial charge in [-0.05, 0) is 66.2 Å². The zero-order valence-corrected chi connectivity index (χ0v) is 20.5. The topological polar surface area (TPSA) is 9.23 Å². The van der Waals surface area contributed by atoms with Crippen molar-refractivity contribution in [1.29, 1.82) is 0 Å². The van der Waals surface area contributed by atoms with Gasteiger partial charge in [0.15, 0.2) is 0 Å². The highest BCUT2D eigenvalue weighted by atomic mass is 16.5. The van der Waals surface area contributed by atoms with Crippen LogP contribution in [-0.2, 0) is 24.2 Å². The first kappa shape index (κ1) is 24.8. The van der Waals surface area contributed by atoms with Crippen molar-refractivity contribution in [3.63, 3.8) is 0 Å². The molecule has 0 heterocycles. The van der Waals surface area contributed by atoms with Crippen LogP contribution in [0.3, 0.4) is 0 Å². The quantitative estimate of drug-likeness (QED) is 0.287. The molecule has 0 unspecified atom stereocenters. The molecule has 1 heteroatoms. The lowest BCUT2D eigenvalue weighted by Gasteiger charge is -2.28. The molecule has 0 aliphatic heterocycles. The number of methoxy groups -OCH3 is 1. The van der Waals surface area contributed by atoms with E-state index < -0.39 is 0 Å². The molecule has 0 amide bonds. The van der Waals surface area contributed by atoms with Gasteiger partial charge in [-0.25, -0.2) is 0 Å². The standard InChI is InChI=1S/C31H44O/c1-3-4-5-8-26-11-13-27(14-12-26)9-6-7-10-28-15-17-29(18-16-28)19-20-30-21-23-31(24-22-30)25-32-2/h5,8,11-14,21-24,28-29H,3-4,6-7,9-10,15-20,25H2,1-2H3/t28-,29-. The second-order valence-electron chi connectivity index (χ2n) is 9.85. The Bertz CT molecular complexity index is 763. The van der Waals surface area contributed by atoms with Crippen LogP contribution in [0.25, 0.3) is 6.08 Å². The number of allylic oxidation sites excluding steroid dienone is 1. The molecule has 32 heavy (non-hydrogen) atoms. The summed E-state index contributed by atoms with van der Waals surface area (Å²) in [5, 5.41) is 0. The molecule has 0 spiro atoms. The molecule has 0 bridgehead atoms. The normalized spacial score (nSPS) is 18.9. The maximum Gasteiger partial charge on any atom is 0.0713 e. The van der Waals surface area contributed by atoms with Gasteiger partial charge in [-0.2, -0.15) is 0 Å². The lowest BCUT2D eigenvalue weighted by Crippen LogP contribution is -2.15. The first-order chi connectivity index (χ1) is 15.8. The molecule has 1 aliphatic rings. The van der Waals surface area contributed by atoms with Crippen molar-refractivity contribution in [2.45, 2.75) is 90.6 Å². The van der Waals surface area contributed by atoms with Crippen molar-refractivity contribution in [2.24, 2.45) is 11.8 Å². The average molecular weight is 433 g/mol. The Hall–Kier alpha value is -1.86. The average Bonchev–Trinajstić information content (AvgIpc) is 2.83. The molecule has 0 saturated heterocycles. The molecular weight excluding hydrogens is 388 g/mol. The summed E-state index contributed by atoms with van der Waals surface area (Å²) in [5.74, 6) is 1.92. The van der Waals surface area contributed by atoms with Crippen molar-refractivity contribution in [1.82, 2.24) is 0 Å². The number of unbranched alkanes of at least 4 members (excludes halogenated alkanes) is 2. The molecule has 2 aromatic carbocycles. The molecule has 0 N–H and O–H groups in total. The van der Waals surface area contributed by atoms with E-state index >= 15 is 0 Å². The number of hydrogen-bond donors (Lipinski definition) is 0. The summed E-state index contributed by atoms with van der Waals surface area (Å²) in [6.45, 7) is 2.94. The summed E-state index contributed by atoms with van der Waals surface area (Å²) in [5.41, 5.74) is 5.59. The van der Waals surface area contributed by atoms with Crippen LogP contribution in [0.5, 0.6) is 0 Å². The summed E-state index contributed by atoms with van der Waals surface area (Å²) in [4.78, 5) is 0. The van der Waals surface area contributed by atoms with Gasteiger partial charge in [0, 0.05) is 7.11 Å². The zero-order valence-electron chi connectivity index (χ0n) is 20.5. The molecule has 174 valence electrons. The van der Waals surface area contributed by atoms with Gasteiger partial charge in [0.05, 0.1) is 6.61 Å². The fraction of sp³-hybridized carbons (Fsp3) is 0.548. The molecular formula is C31H44O. The van der Waals surface area contributed by atoms with Crippen molar-refractivity contribution < 1.29 is 4.74 Å². The summed E-state index contributed by atoms with van der Waals surface area (Å²) >= 11 is 0. The van der Waals surface area contributed by atoms with Gasteiger partial charge >= 0.3 is 0 Å². The van der Waals surface area contributed by atoms with Crippen LogP contribution in [0.2, 0.25) is 0 Å². The van der Waals surface area contributed by atoms with E-state index in [0.29, 0.717) is 6.61 Å². The molecule has 1 fully saturated rings. The van der Waals surface area contributed by atoms with Crippen LogP contribution in [0.1, 0.15) is 93.4 Å². The van der Waals surface area contributed by atoms with Gasteiger partial charge in [0.1, 0.15) is 0 Å². The first-order valence-electron chi connectivity index (χ1n) is 13.1. The number of ether oxygens (including phenoxy) is 1. The van der Waals surface area contributed by atoms with Crippen LogP contribution in [0.15, 0.2) is 54.6 Å². The monoisotopic (exact) mass is 432 g/mol. The van der Waals surface area contributed by atoms with Gasteiger partial charge in [-0.15, -0.1) is 0 Å². The maximum absolute atomic E-state index is 5.21. The lowest BCUT2D eigenvalue weighted by atomic mass is 9.77. The largest absolute Gasteiger partial charge is 0.380 e. The molecule has 1 aliphatic carbocycles. The minimum Gasteiger partial charge on any atom is -0.380 e. The maximum atomic E-state index is 5.21. The second kappa shape index (κ2) is 14.3. The minimum absolute atomic E-state index is 0.716. The van der Waals surface area contributed by atoms with E-state index in [0.717, 1.165) is 11.8 Å². The van der Waals surface area contributed by atoms with E-state index in [4.69, 9.17) is 4.74 Å². The van der Waals surface area contributed by atoms with Gasteiger partial charge in [-0.1, -0.05) is 113 Å². The van der Waals surface area contributed by atoms with Gasteiger partial charge < -0.3 is 4.74 Å². The smallest absolute Gasteiger partial charge is 0.0713 e. The van der Waals surface area contributed by atoms with E-state index in [1.165, 1.54) is 99.3 Å². The van der Waals surface area contributed by atoms with Gasteiger partial charge in [-0.3, -0.25) is 0 Å².